The SMILES string of the molecule is CCc1cc(NC(=O)c2oc3c(F)cccc3c2C)n[nH]1. The molecular formula is C15H14FN3O2. The largest absolute Gasteiger partial charge is 0.448 e. The Balaban J connectivity index is 1.94. The van der Waals surface area contributed by atoms with Crippen molar-refractivity contribution >= 4 is 22.7 Å². The number of carbonyl (C=O) groups excluding carboxylic acids is 1. The molecule has 0 saturated heterocycles. The molecule has 2 heterocycles. The first-order valence-corrected chi connectivity index (χ1v) is 6.63. The fourth-order valence-electron chi connectivity index (χ4n) is 2.21. The van der Waals surface area contributed by atoms with E-state index in [0.717, 1.165) is 12.1 Å². The number of nitrogens with zero attached hydrogens (tertiary/aromatic N) is 1. The molecule has 3 rings (SSSR count). The highest BCUT2D eigenvalue weighted by molar-refractivity contribution is 6.06. The van der Waals surface area contributed by atoms with Crippen molar-refractivity contribution in [1.82, 2.24) is 10.2 Å². The highest BCUT2D eigenvalue weighted by Gasteiger charge is 2.20. The summed E-state index contributed by atoms with van der Waals surface area (Å²) < 4.78 is 19.0. The second-order valence-corrected chi connectivity index (χ2v) is 4.76. The lowest BCUT2D eigenvalue weighted by Crippen LogP contribution is -2.12. The van der Waals surface area contributed by atoms with Crippen LogP contribution in [0.3, 0.4) is 0 Å². The van der Waals surface area contributed by atoms with Crippen LogP contribution in [0.25, 0.3) is 11.0 Å². The summed E-state index contributed by atoms with van der Waals surface area (Å²) in [7, 11) is 0. The van der Waals surface area contributed by atoms with Crippen LogP contribution in [0.1, 0.15) is 28.7 Å². The Kier molecular flexibility index (Phi) is 3.21. The zero-order valence-electron chi connectivity index (χ0n) is 11.7. The van der Waals surface area contributed by atoms with Crippen LogP contribution in [0, 0.1) is 12.7 Å². The number of nitrogens with one attached hydrogen (secondary N) is 2. The van der Waals surface area contributed by atoms with E-state index in [1.165, 1.54) is 6.07 Å². The van der Waals surface area contributed by atoms with Gasteiger partial charge in [0.25, 0.3) is 5.91 Å². The first-order valence-electron chi connectivity index (χ1n) is 6.63. The Morgan fingerprint density at radius 3 is 2.95 bits per heavy atom. The molecule has 1 amide bonds. The molecule has 0 radical (unpaired) electrons. The average Bonchev–Trinajstić information content (AvgIpc) is 3.05. The first-order chi connectivity index (χ1) is 10.1. The Labute approximate surface area is 120 Å². The number of rotatable bonds is 3. The summed E-state index contributed by atoms with van der Waals surface area (Å²) >= 11 is 0. The minimum atomic E-state index is -0.484. The minimum Gasteiger partial charge on any atom is -0.448 e. The maximum Gasteiger partial charge on any atom is 0.292 e. The number of H-pyrrole nitrogens is 1. The van der Waals surface area contributed by atoms with E-state index in [1.54, 1.807) is 25.1 Å². The zero-order valence-corrected chi connectivity index (χ0v) is 11.7. The summed E-state index contributed by atoms with van der Waals surface area (Å²) in [4.78, 5) is 12.2. The molecule has 0 aliphatic rings. The second-order valence-electron chi connectivity index (χ2n) is 4.76. The van der Waals surface area contributed by atoms with Crippen molar-refractivity contribution in [3.63, 3.8) is 0 Å². The van der Waals surface area contributed by atoms with Crippen LogP contribution in [0.4, 0.5) is 10.2 Å². The number of furan rings is 1. The number of fused-ring (bicyclic) bond motifs is 1. The minimum absolute atomic E-state index is 0.0937. The van der Waals surface area contributed by atoms with Gasteiger partial charge in [0.1, 0.15) is 0 Å². The van der Waals surface area contributed by atoms with Gasteiger partial charge in [-0.2, -0.15) is 5.10 Å². The predicted molar refractivity (Wildman–Crippen MR) is 76.8 cm³/mol. The Morgan fingerprint density at radius 2 is 2.29 bits per heavy atom. The van der Waals surface area contributed by atoms with Crippen LogP contribution in [-0.2, 0) is 6.42 Å². The van der Waals surface area contributed by atoms with E-state index in [9.17, 15) is 9.18 Å². The summed E-state index contributed by atoms with van der Waals surface area (Å²) in [6.45, 7) is 3.70. The molecule has 0 saturated carbocycles. The van der Waals surface area contributed by atoms with Crippen LogP contribution < -0.4 is 5.32 Å². The van der Waals surface area contributed by atoms with Crippen molar-refractivity contribution in [3.05, 3.63) is 47.1 Å². The van der Waals surface area contributed by atoms with E-state index >= 15 is 0 Å². The molecule has 0 spiro atoms. The van der Waals surface area contributed by atoms with Gasteiger partial charge in [0.05, 0.1) is 0 Å². The van der Waals surface area contributed by atoms with E-state index < -0.39 is 11.7 Å². The molecule has 0 unspecified atom stereocenters. The molecule has 3 aromatic rings. The molecule has 6 heteroatoms. The standard InChI is InChI=1S/C15H14FN3O2/c1-3-9-7-12(19-18-9)17-15(20)13-8(2)10-5-4-6-11(16)14(10)21-13/h4-7H,3H2,1-2H3,(H2,17,18,19,20). The van der Waals surface area contributed by atoms with Crippen LogP contribution in [0.2, 0.25) is 0 Å². The van der Waals surface area contributed by atoms with Crippen LogP contribution in [0.5, 0.6) is 0 Å². The summed E-state index contributed by atoms with van der Waals surface area (Å²) in [5, 5.41) is 10.0. The smallest absolute Gasteiger partial charge is 0.292 e. The number of carbonyl (C=O) groups is 1. The number of para-hydroxylation sites is 1. The van der Waals surface area contributed by atoms with Gasteiger partial charge in [-0.25, -0.2) is 4.39 Å². The van der Waals surface area contributed by atoms with Crippen LogP contribution >= 0.6 is 0 Å². The summed E-state index contributed by atoms with van der Waals surface area (Å²) in [6.07, 6.45) is 0.789. The van der Waals surface area contributed by atoms with Crippen molar-refractivity contribution in [3.8, 4) is 0 Å². The number of hydrogen-bond acceptors (Lipinski definition) is 3. The number of aromatic amines is 1. The molecular weight excluding hydrogens is 273 g/mol. The van der Waals surface area contributed by atoms with Gasteiger partial charge < -0.3 is 9.73 Å². The monoisotopic (exact) mass is 287 g/mol. The topological polar surface area (TPSA) is 70.9 Å². The molecule has 2 aromatic heterocycles. The van der Waals surface area contributed by atoms with Gasteiger partial charge in [-0.3, -0.25) is 9.89 Å². The van der Waals surface area contributed by atoms with Crippen molar-refractivity contribution in [1.29, 1.82) is 0 Å². The molecule has 1 aromatic carbocycles. The zero-order chi connectivity index (χ0) is 15.0. The summed E-state index contributed by atoms with van der Waals surface area (Å²) in [6, 6.07) is 6.35. The third kappa shape index (κ3) is 2.29. The maximum atomic E-state index is 13.7. The van der Waals surface area contributed by atoms with E-state index in [0.29, 0.717) is 16.8 Å². The molecule has 21 heavy (non-hydrogen) atoms. The number of halogens is 1. The third-order valence-electron chi connectivity index (χ3n) is 3.38. The van der Waals surface area contributed by atoms with Crippen molar-refractivity contribution in [2.45, 2.75) is 20.3 Å². The summed E-state index contributed by atoms with van der Waals surface area (Å²) in [5.74, 6) is -0.423. The Morgan fingerprint density at radius 1 is 1.48 bits per heavy atom. The highest BCUT2D eigenvalue weighted by atomic mass is 19.1. The quantitative estimate of drug-likeness (QED) is 0.775. The predicted octanol–water partition coefficient (Wildman–Crippen LogP) is 3.42. The van der Waals surface area contributed by atoms with E-state index in [2.05, 4.69) is 15.5 Å². The maximum absolute atomic E-state index is 13.7. The van der Waals surface area contributed by atoms with Crippen molar-refractivity contribution in [2.24, 2.45) is 0 Å². The van der Waals surface area contributed by atoms with Gasteiger partial charge in [0.15, 0.2) is 23.0 Å². The number of anilines is 1. The fourth-order valence-corrected chi connectivity index (χ4v) is 2.21. The molecule has 0 atom stereocenters. The van der Waals surface area contributed by atoms with Gasteiger partial charge in [0.2, 0.25) is 0 Å². The molecule has 0 fully saturated rings. The van der Waals surface area contributed by atoms with Crippen molar-refractivity contribution < 1.29 is 13.6 Å². The molecule has 2 N–H and O–H groups in total. The number of aryl methyl sites for hydroxylation is 2. The second kappa shape index (κ2) is 5.05. The molecule has 5 nitrogen and oxygen atoms in total. The molecule has 0 aliphatic heterocycles. The lowest BCUT2D eigenvalue weighted by Gasteiger charge is -1.98. The van der Waals surface area contributed by atoms with Gasteiger partial charge >= 0.3 is 0 Å². The van der Waals surface area contributed by atoms with Crippen LogP contribution in [-0.4, -0.2) is 16.1 Å². The number of benzene rings is 1. The highest BCUT2D eigenvalue weighted by Crippen LogP contribution is 2.27. The van der Waals surface area contributed by atoms with E-state index in [1.807, 2.05) is 6.92 Å². The lowest BCUT2D eigenvalue weighted by molar-refractivity contribution is 0.0997. The van der Waals surface area contributed by atoms with Crippen LogP contribution in [0.15, 0.2) is 28.7 Å². The summed E-state index contributed by atoms with van der Waals surface area (Å²) in [5.41, 5.74) is 1.61. The third-order valence-corrected chi connectivity index (χ3v) is 3.38. The van der Waals surface area contributed by atoms with Gasteiger partial charge in [-0.05, 0) is 19.4 Å². The van der Waals surface area contributed by atoms with E-state index in [-0.39, 0.29) is 11.3 Å². The average molecular weight is 287 g/mol. The Bertz CT molecular complexity index is 820. The Hall–Kier alpha value is -2.63. The fraction of sp³-hybridized carbons (Fsp3) is 0.200. The van der Waals surface area contributed by atoms with Gasteiger partial charge in [-0.1, -0.05) is 19.1 Å². The molecule has 108 valence electrons. The lowest BCUT2D eigenvalue weighted by atomic mass is 10.1. The van der Waals surface area contributed by atoms with E-state index in [4.69, 9.17) is 4.42 Å². The first kappa shape index (κ1) is 13.4. The van der Waals surface area contributed by atoms with Gasteiger partial charge in [-0.15, -0.1) is 0 Å². The number of amides is 1. The number of aromatic nitrogens is 2. The normalized spacial score (nSPS) is 11.0. The molecule has 0 bridgehead atoms. The van der Waals surface area contributed by atoms with Gasteiger partial charge in [0, 0.05) is 22.7 Å². The molecule has 0 aliphatic carbocycles. The number of hydrogen-bond donors (Lipinski definition) is 2. The van der Waals surface area contributed by atoms with Crippen molar-refractivity contribution in [2.75, 3.05) is 5.32 Å².